The predicted octanol–water partition coefficient (Wildman–Crippen LogP) is 0.851. The van der Waals surface area contributed by atoms with Gasteiger partial charge in [0.05, 0.1) is 18.4 Å². The molecule has 2 atom stereocenters. The van der Waals surface area contributed by atoms with Gasteiger partial charge >= 0.3 is 0 Å². The third kappa shape index (κ3) is 0.886. The third-order valence-corrected chi connectivity index (χ3v) is 2.23. The molecule has 1 aliphatic rings. The summed E-state index contributed by atoms with van der Waals surface area (Å²) in [4.78, 5) is 0. The lowest BCUT2D eigenvalue weighted by atomic mass is 10.2. The maximum Gasteiger partial charge on any atom is 0.111 e. The Kier molecular flexibility index (Phi) is 1.47. The van der Waals surface area contributed by atoms with Gasteiger partial charge in [-0.3, -0.25) is 0 Å². The minimum atomic E-state index is -0.00579. The van der Waals surface area contributed by atoms with Crippen LogP contribution in [0.2, 0.25) is 0 Å². The zero-order valence-corrected chi connectivity index (χ0v) is 6.41. The van der Waals surface area contributed by atoms with Crippen molar-refractivity contribution >= 4 is 0 Å². The Bertz CT molecular complexity index is 256. The molecule has 1 aromatic heterocycles. The third-order valence-electron chi connectivity index (χ3n) is 2.23. The first-order valence-electron chi connectivity index (χ1n) is 3.67. The highest BCUT2D eigenvalue weighted by Gasteiger charge is 2.31. The molecule has 0 amide bonds. The molecule has 0 saturated heterocycles. The van der Waals surface area contributed by atoms with Crippen molar-refractivity contribution in [3.63, 3.8) is 0 Å². The summed E-state index contributed by atoms with van der Waals surface area (Å²) in [5, 5.41) is 0. The van der Waals surface area contributed by atoms with Crippen LogP contribution < -0.4 is 5.73 Å². The van der Waals surface area contributed by atoms with Gasteiger partial charge in [-0.25, -0.2) is 0 Å². The molecule has 0 spiro atoms. The van der Waals surface area contributed by atoms with Crippen LogP contribution in [-0.2, 0) is 11.2 Å². The second-order valence-corrected chi connectivity index (χ2v) is 2.80. The number of ether oxygens (including phenoxy) is 1. The SMILES string of the molecule is COC1Cc2occc2C1N. The highest BCUT2D eigenvalue weighted by Crippen LogP contribution is 2.31. The molecule has 0 aliphatic heterocycles. The molecule has 2 rings (SSSR count). The van der Waals surface area contributed by atoms with Crippen molar-refractivity contribution in [2.45, 2.75) is 18.6 Å². The van der Waals surface area contributed by atoms with Crippen LogP contribution in [0.3, 0.4) is 0 Å². The van der Waals surface area contributed by atoms with E-state index < -0.39 is 0 Å². The smallest absolute Gasteiger partial charge is 0.111 e. The monoisotopic (exact) mass is 153 g/mol. The second-order valence-electron chi connectivity index (χ2n) is 2.80. The Morgan fingerprint density at radius 3 is 3.18 bits per heavy atom. The highest BCUT2D eigenvalue weighted by atomic mass is 16.5. The summed E-state index contributed by atoms with van der Waals surface area (Å²) in [5.41, 5.74) is 6.95. The van der Waals surface area contributed by atoms with E-state index in [-0.39, 0.29) is 12.1 Å². The number of rotatable bonds is 1. The van der Waals surface area contributed by atoms with Gasteiger partial charge in [0.2, 0.25) is 0 Å². The van der Waals surface area contributed by atoms with Gasteiger partial charge in [0.25, 0.3) is 0 Å². The normalized spacial score (nSPS) is 28.9. The molecule has 1 aliphatic carbocycles. The van der Waals surface area contributed by atoms with E-state index in [0.717, 1.165) is 17.7 Å². The summed E-state index contributed by atoms with van der Waals surface area (Å²) in [5.74, 6) is 0.976. The van der Waals surface area contributed by atoms with Gasteiger partial charge in [-0.15, -0.1) is 0 Å². The number of methoxy groups -OCH3 is 1. The van der Waals surface area contributed by atoms with E-state index >= 15 is 0 Å². The predicted molar refractivity (Wildman–Crippen MR) is 40.1 cm³/mol. The average molecular weight is 153 g/mol. The first-order chi connectivity index (χ1) is 5.33. The molecule has 3 nitrogen and oxygen atoms in total. The van der Waals surface area contributed by atoms with E-state index in [1.807, 2.05) is 6.07 Å². The van der Waals surface area contributed by atoms with Crippen LogP contribution in [0.15, 0.2) is 16.7 Å². The van der Waals surface area contributed by atoms with E-state index in [1.54, 1.807) is 13.4 Å². The summed E-state index contributed by atoms with van der Waals surface area (Å²) in [6.07, 6.45) is 2.58. The van der Waals surface area contributed by atoms with Gasteiger partial charge in [0.15, 0.2) is 0 Å². The van der Waals surface area contributed by atoms with E-state index in [4.69, 9.17) is 14.9 Å². The minimum absolute atomic E-state index is 0.00579. The highest BCUT2D eigenvalue weighted by molar-refractivity contribution is 5.28. The van der Waals surface area contributed by atoms with Crippen LogP contribution in [0.4, 0.5) is 0 Å². The Morgan fingerprint density at radius 2 is 2.55 bits per heavy atom. The Morgan fingerprint density at radius 1 is 1.73 bits per heavy atom. The molecular formula is C8H11NO2. The fourth-order valence-corrected chi connectivity index (χ4v) is 1.55. The van der Waals surface area contributed by atoms with Crippen LogP contribution in [-0.4, -0.2) is 13.2 Å². The number of fused-ring (bicyclic) bond motifs is 1. The lowest BCUT2D eigenvalue weighted by molar-refractivity contribution is 0.0881. The van der Waals surface area contributed by atoms with Gasteiger partial charge in [0.1, 0.15) is 5.76 Å². The number of furan rings is 1. The molecule has 3 heteroatoms. The summed E-state index contributed by atoms with van der Waals surface area (Å²) in [6, 6.07) is 1.91. The molecule has 1 heterocycles. The van der Waals surface area contributed by atoms with Gasteiger partial charge < -0.3 is 14.9 Å². The molecule has 0 fully saturated rings. The fourth-order valence-electron chi connectivity index (χ4n) is 1.55. The van der Waals surface area contributed by atoms with Crippen molar-refractivity contribution in [2.24, 2.45) is 5.73 Å². The molecule has 1 aromatic rings. The van der Waals surface area contributed by atoms with Crippen molar-refractivity contribution in [2.75, 3.05) is 7.11 Å². The fraction of sp³-hybridized carbons (Fsp3) is 0.500. The minimum Gasteiger partial charge on any atom is -0.469 e. The first kappa shape index (κ1) is 6.88. The van der Waals surface area contributed by atoms with Gasteiger partial charge in [-0.2, -0.15) is 0 Å². The maximum absolute atomic E-state index is 5.86. The van der Waals surface area contributed by atoms with Gasteiger partial charge in [0, 0.05) is 19.1 Å². The van der Waals surface area contributed by atoms with Crippen LogP contribution in [0.1, 0.15) is 17.4 Å². The topological polar surface area (TPSA) is 48.4 Å². The lowest BCUT2D eigenvalue weighted by Crippen LogP contribution is -2.23. The Hall–Kier alpha value is -0.800. The van der Waals surface area contributed by atoms with Crippen molar-refractivity contribution in [3.05, 3.63) is 23.7 Å². The number of hydrogen-bond donors (Lipinski definition) is 1. The molecule has 0 aromatic carbocycles. The molecule has 0 radical (unpaired) electrons. The van der Waals surface area contributed by atoms with Crippen LogP contribution >= 0.6 is 0 Å². The largest absolute Gasteiger partial charge is 0.469 e. The van der Waals surface area contributed by atoms with E-state index in [2.05, 4.69) is 0 Å². The Balaban J connectivity index is 2.30. The van der Waals surface area contributed by atoms with E-state index in [1.165, 1.54) is 0 Å². The number of hydrogen-bond acceptors (Lipinski definition) is 3. The van der Waals surface area contributed by atoms with E-state index in [0.29, 0.717) is 0 Å². The molecular weight excluding hydrogens is 142 g/mol. The number of nitrogens with two attached hydrogens (primary N) is 1. The van der Waals surface area contributed by atoms with E-state index in [9.17, 15) is 0 Å². The summed E-state index contributed by atoms with van der Waals surface area (Å²) >= 11 is 0. The van der Waals surface area contributed by atoms with Crippen molar-refractivity contribution in [1.82, 2.24) is 0 Å². The molecule has 2 unspecified atom stereocenters. The second kappa shape index (κ2) is 2.36. The summed E-state index contributed by atoms with van der Waals surface area (Å²) in [7, 11) is 1.68. The van der Waals surface area contributed by atoms with Crippen LogP contribution in [0.5, 0.6) is 0 Å². The van der Waals surface area contributed by atoms with Crippen LogP contribution in [0.25, 0.3) is 0 Å². The van der Waals surface area contributed by atoms with Gasteiger partial charge in [-0.05, 0) is 6.07 Å². The maximum atomic E-state index is 5.86. The molecule has 11 heavy (non-hydrogen) atoms. The zero-order valence-electron chi connectivity index (χ0n) is 6.41. The van der Waals surface area contributed by atoms with Crippen molar-refractivity contribution < 1.29 is 9.15 Å². The molecule has 0 bridgehead atoms. The first-order valence-corrected chi connectivity index (χ1v) is 3.67. The standard InChI is InChI=1S/C8H11NO2/c1-10-7-4-6-5(8(7)9)2-3-11-6/h2-3,7-8H,4,9H2,1H3. The zero-order chi connectivity index (χ0) is 7.84. The molecule has 60 valence electrons. The lowest BCUT2D eigenvalue weighted by Gasteiger charge is -2.12. The average Bonchev–Trinajstić information content (AvgIpc) is 2.53. The summed E-state index contributed by atoms with van der Waals surface area (Å²) < 4.78 is 10.4. The van der Waals surface area contributed by atoms with Gasteiger partial charge in [-0.1, -0.05) is 0 Å². The quantitative estimate of drug-likeness (QED) is 0.650. The summed E-state index contributed by atoms with van der Waals surface area (Å²) in [6.45, 7) is 0. The van der Waals surface area contributed by atoms with Crippen LogP contribution in [0, 0.1) is 0 Å². The van der Waals surface area contributed by atoms with Crippen molar-refractivity contribution in [3.8, 4) is 0 Å². The Labute approximate surface area is 65.1 Å². The van der Waals surface area contributed by atoms with Crippen molar-refractivity contribution in [1.29, 1.82) is 0 Å². The molecule has 2 N–H and O–H groups in total. The molecule has 0 saturated carbocycles.